The van der Waals surface area contributed by atoms with Crippen molar-refractivity contribution < 1.29 is 38.6 Å². The van der Waals surface area contributed by atoms with E-state index in [0.29, 0.717) is 52.0 Å². The van der Waals surface area contributed by atoms with Gasteiger partial charge in [-0.15, -0.1) is 0 Å². The molecule has 0 aromatic carbocycles. The monoisotopic (exact) mass is 515 g/mol. The number of hydrogen-bond acceptors (Lipinski definition) is 8. The molecule has 0 aromatic heterocycles. The average Bonchev–Trinajstić information content (AvgIpc) is 2.81. The highest BCUT2D eigenvalue weighted by molar-refractivity contribution is 5.91. The van der Waals surface area contributed by atoms with Gasteiger partial charge in [-0.1, -0.05) is 27.2 Å². The van der Waals surface area contributed by atoms with E-state index >= 15 is 0 Å². The number of aliphatic hydroxyl groups excluding tert-OH is 1. The van der Waals surface area contributed by atoms with Gasteiger partial charge in [0.2, 0.25) is 17.7 Å². The van der Waals surface area contributed by atoms with Gasteiger partial charge in [-0.3, -0.25) is 24.0 Å². The summed E-state index contributed by atoms with van der Waals surface area (Å²) in [6.45, 7) is 8.36. The maximum Gasteiger partial charge on any atom is 0.245 e. The van der Waals surface area contributed by atoms with Crippen molar-refractivity contribution in [3.63, 3.8) is 0 Å². The molecular weight excluding hydrogens is 470 g/mol. The number of ether oxygens (including phenoxy) is 2. The number of Topliss-reactive ketones (excluding diaryl/α,β-unsaturated/α-hetero) is 2. The average molecular weight is 516 g/mol. The fraction of sp³-hybridized carbons (Fsp3) is 0.800. The molecule has 0 saturated heterocycles. The number of aliphatic hydroxyl groups is 1. The summed E-state index contributed by atoms with van der Waals surface area (Å²) in [6, 6.07) is 0. The molecular formula is C25H45N3O8. The van der Waals surface area contributed by atoms with E-state index < -0.39 is 23.8 Å². The molecule has 11 nitrogen and oxygen atoms in total. The Morgan fingerprint density at radius 2 is 1.47 bits per heavy atom. The van der Waals surface area contributed by atoms with Gasteiger partial charge in [-0.25, -0.2) is 0 Å². The first-order valence-electron chi connectivity index (χ1n) is 12.7. The molecule has 0 spiro atoms. The summed E-state index contributed by atoms with van der Waals surface area (Å²) in [6.07, 6.45) is 0.893. The summed E-state index contributed by atoms with van der Waals surface area (Å²) < 4.78 is 10.5. The van der Waals surface area contributed by atoms with E-state index in [1.165, 1.54) is 6.92 Å². The molecule has 0 aromatic rings. The smallest absolute Gasteiger partial charge is 0.245 e. The summed E-state index contributed by atoms with van der Waals surface area (Å²) in [5, 5.41) is 15.2. The van der Waals surface area contributed by atoms with Crippen LogP contribution < -0.4 is 16.4 Å². The second kappa shape index (κ2) is 19.8. The van der Waals surface area contributed by atoms with E-state index in [9.17, 15) is 29.1 Å². The van der Waals surface area contributed by atoms with E-state index in [2.05, 4.69) is 10.6 Å². The maximum absolute atomic E-state index is 12.8. The van der Waals surface area contributed by atoms with Crippen molar-refractivity contribution in [2.75, 3.05) is 39.5 Å². The van der Waals surface area contributed by atoms with Crippen molar-refractivity contribution in [1.29, 1.82) is 0 Å². The van der Waals surface area contributed by atoms with Gasteiger partial charge in [0.05, 0.1) is 31.8 Å². The van der Waals surface area contributed by atoms with Crippen molar-refractivity contribution >= 4 is 29.3 Å². The van der Waals surface area contributed by atoms with Gasteiger partial charge in [-0.2, -0.15) is 0 Å². The number of ketones is 2. The molecule has 0 rings (SSSR count). The third-order valence-electron chi connectivity index (χ3n) is 5.71. The van der Waals surface area contributed by atoms with Crippen LogP contribution in [0.15, 0.2) is 0 Å². The molecule has 0 unspecified atom stereocenters. The molecule has 3 atom stereocenters. The normalized spacial score (nSPS) is 13.6. The highest BCUT2D eigenvalue weighted by atomic mass is 16.5. The van der Waals surface area contributed by atoms with Crippen molar-refractivity contribution in [1.82, 2.24) is 10.6 Å². The highest BCUT2D eigenvalue weighted by Crippen LogP contribution is 2.22. The van der Waals surface area contributed by atoms with E-state index in [1.54, 1.807) is 20.8 Å². The van der Waals surface area contributed by atoms with E-state index in [0.717, 1.165) is 0 Å². The predicted molar refractivity (Wildman–Crippen MR) is 134 cm³/mol. The topological polar surface area (TPSA) is 174 Å². The number of carbonyl (C=O) groups is 5. The minimum Gasteiger partial charge on any atom is -0.393 e. The zero-order chi connectivity index (χ0) is 27.5. The van der Waals surface area contributed by atoms with E-state index in [1.807, 2.05) is 0 Å². The molecule has 11 heteroatoms. The molecule has 0 radical (unpaired) electrons. The van der Waals surface area contributed by atoms with Crippen LogP contribution in [0.5, 0.6) is 0 Å². The van der Waals surface area contributed by atoms with Crippen molar-refractivity contribution in [3.8, 4) is 0 Å². The first kappa shape index (κ1) is 33.6. The molecule has 0 aliphatic heterocycles. The number of hydrogen-bond donors (Lipinski definition) is 4. The third-order valence-corrected chi connectivity index (χ3v) is 5.71. The minimum atomic E-state index is -1.05. The van der Waals surface area contributed by atoms with E-state index in [4.69, 9.17) is 15.2 Å². The van der Waals surface area contributed by atoms with Gasteiger partial charge in [0.1, 0.15) is 18.2 Å². The lowest BCUT2D eigenvalue weighted by Gasteiger charge is -2.21. The zero-order valence-corrected chi connectivity index (χ0v) is 22.2. The molecule has 36 heavy (non-hydrogen) atoms. The second-order valence-electron chi connectivity index (χ2n) is 9.16. The molecule has 208 valence electrons. The van der Waals surface area contributed by atoms with Crippen LogP contribution >= 0.6 is 0 Å². The number of unbranched alkanes of at least 4 members (excludes halogenated alkanes) is 1. The Balaban J connectivity index is 4.25. The van der Waals surface area contributed by atoms with Crippen LogP contribution in [0.3, 0.4) is 0 Å². The van der Waals surface area contributed by atoms with Crippen LogP contribution in [0.2, 0.25) is 0 Å². The third kappa shape index (κ3) is 16.3. The predicted octanol–water partition coefficient (Wildman–Crippen LogP) is 0.505. The molecule has 0 heterocycles. The van der Waals surface area contributed by atoms with Gasteiger partial charge in [-0.05, 0) is 19.8 Å². The minimum absolute atomic E-state index is 0.0364. The summed E-state index contributed by atoms with van der Waals surface area (Å²) in [4.78, 5) is 59.5. The molecule has 0 aliphatic rings. The van der Waals surface area contributed by atoms with Crippen LogP contribution in [-0.4, -0.2) is 80.0 Å². The standard InChI is InChI=1S/C25H45N3O8/c1-5-23(32)28-10-11-35-12-13-36-16-24(33)27-9-7-6-8-19(14-21(30)17(2)3)22(31)15-20(18(4)29)25(26)34/h17-20,29H,5-16H2,1-4H3,(H2,26,34)(H,27,33)(H,28,32)/t18-,19-,20+/m1/s1. The molecule has 5 N–H and O–H groups in total. The lowest BCUT2D eigenvalue weighted by molar-refractivity contribution is -0.134. The fourth-order valence-corrected chi connectivity index (χ4v) is 3.31. The second-order valence-corrected chi connectivity index (χ2v) is 9.16. The first-order valence-corrected chi connectivity index (χ1v) is 12.7. The summed E-state index contributed by atoms with van der Waals surface area (Å²) in [7, 11) is 0. The summed E-state index contributed by atoms with van der Waals surface area (Å²) in [5.74, 6) is -3.11. The summed E-state index contributed by atoms with van der Waals surface area (Å²) in [5.41, 5.74) is 5.30. The Hall–Kier alpha value is -2.37. The fourth-order valence-electron chi connectivity index (χ4n) is 3.31. The van der Waals surface area contributed by atoms with Crippen molar-refractivity contribution in [2.24, 2.45) is 23.5 Å². The maximum atomic E-state index is 12.8. The van der Waals surface area contributed by atoms with Gasteiger partial charge in [0.25, 0.3) is 0 Å². The van der Waals surface area contributed by atoms with Gasteiger partial charge in [0.15, 0.2) is 0 Å². The number of rotatable bonds is 22. The molecule has 0 saturated carbocycles. The number of primary amides is 1. The van der Waals surface area contributed by atoms with E-state index in [-0.39, 0.29) is 55.4 Å². The number of nitrogens with one attached hydrogen (secondary N) is 2. The zero-order valence-electron chi connectivity index (χ0n) is 22.2. The van der Waals surface area contributed by atoms with Crippen LogP contribution in [0.4, 0.5) is 0 Å². The Morgan fingerprint density at radius 1 is 0.833 bits per heavy atom. The van der Waals surface area contributed by atoms with Crippen molar-refractivity contribution in [3.05, 3.63) is 0 Å². The molecule has 0 bridgehead atoms. The molecule has 3 amide bonds. The number of carbonyl (C=O) groups excluding carboxylic acids is 5. The van der Waals surface area contributed by atoms with Crippen molar-refractivity contribution in [2.45, 2.75) is 72.3 Å². The Bertz CT molecular complexity index is 697. The molecule has 0 aliphatic carbocycles. The lowest BCUT2D eigenvalue weighted by Crippen LogP contribution is -2.35. The number of amides is 3. The number of nitrogens with two attached hydrogens (primary N) is 1. The quantitative estimate of drug-likeness (QED) is 0.151. The van der Waals surface area contributed by atoms with Gasteiger partial charge >= 0.3 is 0 Å². The Kier molecular flexibility index (Phi) is 18.5. The van der Waals surface area contributed by atoms with Gasteiger partial charge in [0, 0.05) is 44.2 Å². The Labute approximate surface area is 214 Å². The first-order chi connectivity index (χ1) is 17.0. The van der Waals surface area contributed by atoms with Crippen LogP contribution in [0, 0.1) is 17.8 Å². The van der Waals surface area contributed by atoms with Gasteiger partial charge < -0.3 is 30.9 Å². The van der Waals surface area contributed by atoms with Crippen LogP contribution in [0.1, 0.15) is 66.2 Å². The van der Waals surface area contributed by atoms with Crippen LogP contribution in [-0.2, 0) is 33.4 Å². The highest BCUT2D eigenvalue weighted by Gasteiger charge is 2.29. The lowest BCUT2D eigenvalue weighted by atomic mass is 9.84. The van der Waals surface area contributed by atoms with Crippen LogP contribution in [0.25, 0.3) is 0 Å². The largest absolute Gasteiger partial charge is 0.393 e. The SMILES string of the molecule is CCC(=O)NCCOCCOCC(=O)NCCCC[C@H](CC(=O)C(C)C)C(=O)C[C@H](C(N)=O)[C@@H](C)O. The Morgan fingerprint density at radius 3 is 2.06 bits per heavy atom. The molecule has 0 fully saturated rings. The summed E-state index contributed by atoms with van der Waals surface area (Å²) >= 11 is 0.